The van der Waals surface area contributed by atoms with Gasteiger partial charge >= 0.3 is 5.97 Å². The molecule has 0 saturated heterocycles. The zero-order valence-corrected chi connectivity index (χ0v) is 16.3. The number of aryl methyl sites for hydroxylation is 2. The number of carboxylic acids is 1. The summed E-state index contributed by atoms with van der Waals surface area (Å²) in [5.74, 6) is -0.934. The normalized spacial score (nSPS) is 10.7. The summed E-state index contributed by atoms with van der Waals surface area (Å²) in [6, 6.07) is 23.1. The minimum absolute atomic E-state index is 0.266. The van der Waals surface area contributed by atoms with E-state index in [4.69, 9.17) is 10.1 Å². The molecule has 2 aromatic heterocycles. The second kappa shape index (κ2) is 7.68. The minimum atomic E-state index is -0.934. The molecule has 0 spiro atoms. The van der Waals surface area contributed by atoms with Crippen LogP contribution in [0.15, 0.2) is 79.0 Å². The Morgan fingerprint density at radius 2 is 1.31 bits per heavy atom. The molecule has 4 nitrogen and oxygen atoms in total. The number of benzene rings is 2. The smallest absolute Gasteiger partial charge is 0.335 e. The third-order valence-corrected chi connectivity index (χ3v) is 4.81. The maximum atomic E-state index is 11.2. The van der Waals surface area contributed by atoms with Gasteiger partial charge in [0, 0.05) is 11.8 Å². The molecule has 0 unspecified atom stereocenters. The Balaban J connectivity index is 1.86. The fraction of sp³-hybridized carbons (Fsp3) is 0.0800. The van der Waals surface area contributed by atoms with Crippen molar-refractivity contribution in [1.82, 2.24) is 9.97 Å². The number of rotatable bonds is 4. The summed E-state index contributed by atoms with van der Waals surface area (Å²) < 4.78 is 0. The van der Waals surface area contributed by atoms with Crippen molar-refractivity contribution in [2.24, 2.45) is 0 Å². The van der Waals surface area contributed by atoms with E-state index in [9.17, 15) is 4.79 Å². The summed E-state index contributed by atoms with van der Waals surface area (Å²) in [6.07, 6.45) is 1.83. The number of aromatic carboxylic acids is 1. The fourth-order valence-electron chi connectivity index (χ4n) is 3.13. The van der Waals surface area contributed by atoms with Gasteiger partial charge in [-0.15, -0.1) is 0 Å². The van der Waals surface area contributed by atoms with Crippen LogP contribution in [0.2, 0.25) is 0 Å². The molecule has 2 aromatic carbocycles. The van der Waals surface area contributed by atoms with E-state index >= 15 is 0 Å². The lowest BCUT2D eigenvalue weighted by atomic mass is 10.00. The van der Waals surface area contributed by atoms with Crippen LogP contribution in [0, 0.1) is 13.8 Å². The quantitative estimate of drug-likeness (QED) is 0.486. The van der Waals surface area contributed by atoms with Crippen LogP contribution in [0.5, 0.6) is 0 Å². The van der Waals surface area contributed by atoms with Crippen LogP contribution in [-0.2, 0) is 0 Å². The minimum Gasteiger partial charge on any atom is -0.478 e. The highest BCUT2D eigenvalue weighted by molar-refractivity contribution is 5.88. The van der Waals surface area contributed by atoms with Crippen LogP contribution in [-0.4, -0.2) is 21.0 Å². The summed E-state index contributed by atoms with van der Waals surface area (Å²) in [5.41, 5.74) is 7.89. The van der Waals surface area contributed by atoms with Crippen molar-refractivity contribution in [3.05, 3.63) is 95.7 Å². The molecule has 0 atom stereocenters. The second-order valence-electron chi connectivity index (χ2n) is 7.10. The van der Waals surface area contributed by atoms with Crippen LogP contribution in [0.3, 0.4) is 0 Å². The third-order valence-electron chi connectivity index (χ3n) is 4.81. The van der Waals surface area contributed by atoms with Crippen molar-refractivity contribution in [2.45, 2.75) is 13.8 Å². The highest BCUT2D eigenvalue weighted by Gasteiger charge is 2.11. The van der Waals surface area contributed by atoms with Crippen molar-refractivity contribution < 1.29 is 9.90 Å². The first-order valence-corrected chi connectivity index (χ1v) is 9.35. The van der Waals surface area contributed by atoms with E-state index in [2.05, 4.69) is 36.2 Å². The van der Waals surface area contributed by atoms with E-state index in [0.29, 0.717) is 0 Å². The third kappa shape index (κ3) is 4.06. The van der Waals surface area contributed by atoms with Crippen molar-refractivity contribution >= 4 is 5.97 Å². The molecular formula is C25H20N2O2. The van der Waals surface area contributed by atoms with E-state index in [-0.39, 0.29) is 5.56 Å². The molecule has 0 bridgehead atoms. The summed E-state index contributed by atoms with van der Waals surface area (Å²) in [7, 11) is 0. The summed E-state index contributed by atoms with van der Waals surface area (Å²) >= 11 is 0. The zero-order chi connectivity index (χ0) is 20.4. The number of aromatic nitrogens is 2. The lowest BCUT2D eigenvalue weighted by Gasteiger charge is -2.10. The molecule has 4 rings (SSSR count). The molecule has 0 radical (unpaired) electrons. The van der Waals surface area contributed by atoms with E-state index in [1.807, 2.05) is 49.5 Å². The molecule has 0 amide bonds. The lowest BCUT2D eigenvalue weighted by molar-refractivity contribution is 0.0697. The highest BCUT2D eigenvalue weighted by atomic mass is 16.4. The first-order chi connectivity index (χ1) is 14.0. The van der Waals surface area contributed by atoms with Gasteiger partial charge in [-0.2, -0.15) is 0 Å². The Bertz CT molecular complexity index is 1100. The number of pyridine rings is 2. The van der Waals surface area contributed by atoms with Gasteiger partial charge in [0.2, 0.25) is 0 Å². The average Bonchev–Trinajstić information content (AvgIpc) is 2.74. The fourth-order valence-corrected chi connectivity index (χ4v) is 3.13. The first kappa shape index (κ1) is 18.6. The molecule has 29 heavy (non-hydrogen) atoms. The summed E-state index contributed by atoms with van der Waals surface area (Å²) in [5, 5.41) is 9.16. The van der Waals surface area contributed by atoms with Crippen LogP contribution in [0.1, 0.15) is 21.5 Å². The summed E-state index contributed by atoms with van der Waals surface area (Å²) in [4.78, 5) is 20.5. The van der Waals surface area contributed by atoms with Gasteiger partial charge in [-0.05, 0) is 60.9 Å². The highest BCUT2D eigenvalue weighted by Crippen LogP contribution is 2.30. The number of hydrogen-bond acceptors (Lipinski definition) is 3. The Morgan fingerprint density at radius 1 is 0.690 bits per heavy atom. The van der Waals surface area contributed by atoms with Crippen LogP contribution in [0.25, 0.3) is 33.8 Å². The number of hydrogen-bond donors (Lipinski definition) is 1. The predicted molar refractivity (Wildman–Crippen MR) is 115 cm³/mol. The van der Waals surface area contributed by atoms with Gasteiger partial charge in [-0.25, -0.2) is 9.78 Å². The van der Waals surface area contributed by atoms with Crippen LogP contribution in [0.4, 0.5) is 0 Å². The van der Waals surface area contributed by atoms with Crippen molar-refractivity contribution in [1.29, 1.82) is 0 Å². The Kier molecular flexibility index (Phi) is 4.92. The molecule has 4 heteroatoms. The molecule has 4 aromatic rings. The topological polar surface area (TPSA) is 63.1 Å². The van der Waals surface area contributed by atoms with E-state index < -0.39 is 5.97 Å². The largest absolute Gasteiger partial charge is 0.478 e. The maximum absolute atomic E-state index is 11.2. The Hall–Kier alpha value is -3.79. The van der Waals surface area contributed by atoms with Crippen molar-refractivity contribution in [3.63, 3.8) is 0 Å². The molecule has 142 valence electrons. The molecule has 0 fully saturated rings. The number of carboxylic acid groups (broad SMARTS) is 1. The van der Waals surface area contributed by atoms with Crippen LogP contribution >= 0.6 is 0 Å². The Labute approximate surface area is 169 Å². The number of carbonyl (C=O) groups is 1. The van der Waals surface area contributed by atoms with Crippen molar-refractivity contribution in [2.75, 3.05) is 0 Å². The molecule has 0 aliphatic carbocycles. The van der Waals surface area contributed by atoms with Gasteiger partial charge in [0.05, 0.1) is 22.6 Å². The molecule has 0 aliphatic heterocycles. The van der Waals surface area contributed by atoms with E-state index in [0.717, 1.165) is 39.3 Å². The van der Waals surface area contributed by atoms with Gasteiger partial charge in [0.25, 0.3) is 0 Å². The molecule has 1 N–H and O–H groups in total. The first-order valence-electron chi connectivity index (χ1n) is 9.35. The molecular weight excluding hydrogens is 360 g/mol. The van der Waals surface area contributed by atoms with E-state index in [1.54, 1.807) is 12.1 Å². The second-order valence-corrected chi connectivity index (χ2v) is 7.10. The summed E-state index contributed by atoms with van der Waals surface area (Å²) in [6.45, 7) is 4.06. The van der Waals surface area contributed by atoms with E-state index in [1.165, 1.54) is 5.56 Å². The van der Waals surface area contributed by atoms with Gasteiger partial charge in [0.15, 0.2) is 0 Å². The average molecular weight is 380 g/mol. The lowest BCUT2D eigenvalue weighted by Crippen LogP contribution is -1.96. The van der Waals surface area contributed by atoms with Crippen LogP contribution < -0.4 is 0 Å². The predicted octanol–water partition coefficient (Wildman–Crippen LogP) is 5.79. The standard InChI is InChI=1S/C25H20N2O2/c1-16-3-6-19(7-4-16)23-13-21(18-8-10-20(11-9-18)25(28)29)14-24(27-23)22-12-5-17(2)15-26-22/h3-15H,1-2H3,(H,28,29). The zero-order valence-electron chi connectivity index (χ0n) is 16.3. The van der Waals surface area contributed by atoms with Crippen molar-refractivity contribution in [3.8, 4) is 33.8 Å². The van der Waals surface area contributed by atoms with Gasteiger partial charge in [0.1, 0.15) is 0 Å². The monoisotopic (exact) mass is 380 g/mol. The molecule has 2 heterocycles. The Morgan fingerprint density at radius 3 is 1.93 bits per heavy atom. The van der Waals surface area contributed by atoms with Gasteiger partial charge in [-0.1, -0.05) is 48.0 Å². The SMILES string of the molecule is Cc1ccc(-c2cc(-c3ccc(C(=O)O)cc3)cc(-c3ccc(C)cn3)n2)cc1. The van der Waals surface area contributed by atoms with Gasteiger partial charge < -0.3 is 5.11 Å². The van der Waals surface area contributed by atoms with Gasteiger partial charge in [-0.3, -0.25) is 4.98 Å². The molecule has 0 aliphatic rings. The molecule has 0 saturated carbocycles. The number of nitrogens with zero attached hydrogens (tertiary/aromatic N) is 2. The maximum Gasteiger partial charge on any atom is 0.335 e.